The topological polar surface area (TPSA) is 104 Å². The van der Waals surface area contributed by atoms with E-state index in [-0.39, 0.29) is 21.8 Å². The predicted molar refractivity (Wildman–Crippen MR) is 119 cm³/mol. The van der Waals surface area contributed by atoms with Gasteiger partial charge >= 0.3 is 0 Å². The van der Waals surface area contributed by atoms with Gasteiger partial charge in [0, 0.05) is 6.92 Å². The van der Waals surface area contributed by atoms with Crippen LogP contribution in [0.1, 0.15) is 56.7 Å². The Morgan fingerprint density at radius 2 is 1.80 bits per heavy atom. The van der Waals surface area contributed by atoms with Crippen LogP contribution in [-0.4, -0.2) is 24.5 Å². The van der Waals surface area contributed by atoms with Crippen molar-refractivity contribution in [1.82, 2.24) is 4.72 Å². The number of hydrogen-bond donors (Lipinski definition) is 3. The smallest absolute Gasteiger partial charge is 0.268 e. The third-order valence-electron chi connectivity index (χ3n) is 4.81. The highest BCUT2D eigenvalue weighted by molar-refractivity contribution is 7.90. The number of carbonyl (C=O) groups is 1. The fourth-order valence-electron chi connectivity index (χ4n) is 3.48. The van der Waals surface area contributed by atoms with Crippen LogP contribution in [-0.2, 0) is 21.2 Å². The largest absolute Gasteiger partial charge is 0.507 e. The van der Waals surface area contributed by atoms with Gasteiger partial charge in [0.1, 0.15) is 16.4 Å². The molecule has 0 radical (unpaired) electrons. The molecule has 3 N–H and O–H groups in total. The average Bonchev–Trinajstić information content (AvgIpc) is 2.60. The molecule has 0 unspecified atom stereocenters. The first-order chi connectivity index (χ1) is 14.0. The number of allylic oxidation sites excluding steroid dienone is 1. The van der Waals surface area contributed by atoms with Crippen LogP contribution in [0.2, 0.25) is 0 Å². The highest BCUT2D eigenvalue weighted by Gasteiger charge is 2.29. The summed E-state index contributed by atoms with van der Waals surface area (Å²) in [5.74, 6) is -1.57. The van der Waals surface area contributed by atoms with E-state index in [4.69, 9.17) is 0 Å². The number of phenols is 2. The molecule has 7 heteroatoms. The second-order valence-electron chi connectivity index (χ2n) is 7.56. The Balaban J connectivity index is 2.86. The van der Waals surface area contributed by atoms with Crippen LogP contribution in [0.4, 0.5) is 0 Å². The van der Waals surface area contributed by atoms with Crippen molar-refractivity contribution in [2.24, 2.45) is 0 Å². The lowest BCUT2D eigenvalue weighted by Crippen LogP contribution is -2.29. The van der Waals surface area contributed by atoms with E-state index >= 15 is 0 Å². The van der Waals surface area contributed by atoms with E-state index in [2.05, 4.69) is 6.58 Å². The van der Waals surface area contributed by atoms with Crippen molar-refractivity contribution >= 4 is 21.5 Å². The standard InChI is InChI=1S/C23H29NO5S/c1-6-7-8-9-17-13-20(26)21(19-12-15(4)10-11-18(19)14(2)3)22(27)23(17)30(28,29)24-16(5)25/h10-13,26-27H,2,6-9H2,1,3-5H3,(H,24,25). The monoisotopic (exact) mass is 431 g/mol. The summed E-state index contributed by atoms with van der Waals surface area (Å²) in [6.07, 6.45) is 2.80. The molecule has 0 aliphatic carbocycles. The number of benzene rings is 2. The SMILES string of the molecule is C=C(C)c1ccc(C)cc1-c1c(O)cc(CCCCC)c(S(=O)(=O)NC(C)=O)c1O. The molecule has 0 saturated heterocycles. The zero-order chi connectivity index (χ0) is 22.6. The molecule has 30 heavy (non-hydrogen) atoms. The van der Waals surface area contributed by atoms with Crippen molar-refractivity contribution < 1.29 is 23.4 Å². The first kappa shape index (κ1) is 23.5. The first-order valence-corrected chi connectivity index (χ1v) is 11.4. The van der Waals surface area contributed by atoms with E-state index in [1.165, 1.54) is 6.07 Å². The van der Waals surface area contributed by atoms with E-state index in [1.54, 1.807) is 13.0 Å². The lowest BCUT2D eigenvalue weighted by atomic mass is 9.91. The molecule has 2 aromatic carbocycles. The average molecular weight is 432 g/mol. The van der Waals surface area contributed by atoms with Crippen molar-refractivity contribution in [2.75, 3.05) is 0 Å². The van der Waals surface area contributed by atoms with Gasteiger partial charge in [0.2, 0.25) is 5.91 Å². The normalized spacial score (nSPS) is 11.3. The molecule has 2 aromatic rings. The Morgan fingerprint density at radius 1 is 1.13 bits per heavy atom. The number of nitrogens with one attached hydrogen (secondary N) is 1. The fourth-order valence-corrected chi connectivity index (χ4v) is 4.83. The summed E-state index contributed by atoms with van der Waals surface area (Å²) in [4.78, 5) is 11.1. The second-order valence-corrected chi connectivity index (χ2v) is 9.17. The summed E-state index contributed by atoms with van der Waals surface area (Å²) >= 11 is 0. The second kappa shape index (κ2) is 9.34. The Kier molecular flexibility index (Phi) is 7.31. The number of phenolic OH excluding ortho intramolecular Hbond substituents is 2. The fraction of sp³-hybridized carbons (Fsp3) is 0.348. The summed E-state index contributed by atoms with van der Waals surface area (Å²) in [6.45, 7) is 10.7. The predicted octanol–water partition coefficient (Wildman–Crippen LogP) is 4.66. The molecule has 0 aliphatic heterocycles. The molecule has 1 amide bonds. The van der Waals surface area contributed by atoms with Crippen molar-refractivity contribution in [3.8, 4) is 22.6 Å². The summed E-state index contributed by atoms with van der Waals surface area (Å²) in [5.41, 5.74) is 2.97. The molecule has 0 spiro atoms. The maximum atomic E-state index is 12.9. The molecular formula is C23H29NO5S. The highest BCUT2D eigenvalue weighted by Crippen LogP contribution is 2.46. The van der Waals surface area contributed by atoms with E-state index < -0.39 is 21.7 Å². The maximum absolute atomic E-state index is 12.9. The first-order valence-electron chi connectivity index (χ1n) is 9.87. The zero-order valence-electron chi connectivity index (χ0n) is 17.9. The number of sulfonamides is 1. The molecule has 0 aromatic heterocycles. The van der Waals surface area contributed by atoms with Gasteiger partial charge in [-0.3, -0.25) is 4.79 Å². The molecule has 162 valence electrons. The Labute approximate surface area is 178 Å². The van der Waals surface area contributed by atoms with Gasteiger partial charge in [-0.25, -0.2) is 13.1 Å². The Hall–Kier alpha value is -2.80. The zero-order valence-corrected chi connectivity index (χ0v) is 18.7. The van der Waals surface area contributed by atoms with E-state index in [0.29, 0.717) is 29.5 Å². The molecule has 0 heterocycles. The molecule has 2 rings (SSSR count). The summed E-state index contributed by atoms with van der Waals surface area (Å²) in [5, 5.41) is 21.9. The molecule has 0 atom stereocenters. The summed E-state index contributed by atoms with van der Waals surface area (Å²) in [6, 6.07) is 6.80. The number of aromatic hydroxyl groups is 2. The van der Waals surface area contributed by atoms with Gasteiger partial charge in [0.05, 0.1) is 5.56 Å². The number of hydrogen-bond acceptors (Lipinski definition) is 5. The number of aryl methyl sites for hydroxylation is 2. The van der Waals surface area contributed by atoms with Gasteiger partial charge in [0.25, 0.3) is 10.0 Å². The minimum atomic E-state index is -4.33. The molecular weight excluding hydrogens is 402 g/mol. The number of unbranched alkanes of at least 4 members (excludes halogenated alkanes) is 2. The van der Waals surface area contributed by atoms with Gasteiger partial charge in [-0.15, -0.1) is 0 Å². The van der Waals surface area contributed by atoms with Gasteiger partial charge in [-0.1, -0.05) is 55.7 Å². The van der Waals surface area contributed by atoms with E-state index in [1.807, 2.05) is 30.7 Å². The van der Waals surface area contributed by atoms with Crippen LogP contribution < -0.4 is 4.72 Å². The third-order valence-corrected chi connectivity index (χ3v) is 6.36. The number of rotatable bonds is 8. The lowest BCUT2D eigenvalue weighted by Gasteiger charge is -2.19. The lowest BCUT2D eigenvalue weighted by molar-refractivity contribution is -0.117. The van der Waals surface area contributed by atoms with Crippen LogP contribution in [0.5, 0.6) is 11.5 Å². The number of amides is 1. The Bertz CT molecular complexity index is 1090. The molecule has 6 nitrogen and oxygen atoms in total. The molecule has 0 bridgehead atoms. The highest BCUT2D eigenvalue weighted by atomic mass is 32.2. The molecule has 0 saturated carbocycles. The van der Waals surface area contributed by atoms with Crippen molar-refractivity contribution in [3.63, 3.8) is 0 Å². The van der Waals surface area contributed by atoms with Crippen molar-refractivity contribution in [1.29, 1.82) is 0 Å². The van der Waals surface area contributed by atoms with Gasteiger partial charge in [0.15, 0.2) is 0 Å². The van der Waals surface area contributed by atoms with E-state index in [0.717, 1.165) is 25.3 Å². The van der Waals surface area contributed by atoms with Gasteiger partial charge in [-0.2, -0.15) is 0 Å². The van der Waals surface area contributed by atoms with Crippen LogP contribution in [0.15, 0.2) is 35.7 Å². The maximum Gasteiger partial charge on any atom is 0.268 e. The van der Waals surface area contributed by atoms with Gasteiger partial charge < -0.3 is 10.2 Å². The minimum Gasteiger partial charge on any atom is -0.507 e. The minimum absolute atomic E-state index is 0.000122. The van der Waals surface area contributed by atoms with Gasteiger partial charge in [-0.05, 0) is 49.4 Å². The number of carbonyl (C=O) groups excluding carboxylic acids is 1. The van der Waals surface area contributed by atoms with E-state index in [9.17, 15) is 23.4 Å². The Morgan fingerprint density at radius 3 is 2.37 bits per heavy atom. The summed E-state index contributed by atoms with van der Waals surface area (Å²) < 4.78 is 27.7. The molecule has 0 aliphatic rings. The van der Waals surface area contributed by atoms with Crippen molar-refractivity contribution in [3.05, 3.63) is 47.5 Å². The van der Waals surface area contributed by atoms with Crippen LogP contribution >= 0.6 is 0 Å². The van der Waals surface area contributed by atoms with Crippen molar-refractivity contribution in [2.45, 2.75) is 58.3 Å². The van der Waals surface area contributed by atoms with Crippen LogP contribution in [0.3, 0.4) is 0 Å². The third kappa shape index (κ3) is 5.02. The summed E-state index contributed by atoms with van der Waals surface area (Å²) in [7, 11) is -4.33. The molecule has 0 fully saturated rings. The quantitative estimate of drug-likeness (QED) is 0.527. The van der Waals surface area contributed by atoms with Crippen LogP contribution in [0.25, 0.3) is 16.7 Å². The van der Waals surface area contributed by atoms with Crippen LogP contribution in [0, 0.1) is 6.92 Å².